The molecule has 6 aliphatic rings. The molecule has 6 heterocycles. The van der Waals surface area contributed by atoms with Gasteiger partial charge < -0.3 is 18.9 Å². The van der Waals surface area contributed by atoms with Crippen LogP contribution in [0.1, 0.15) is 108 Å². The van der Waals surface area contributed by atoms with Crippen LogP contribution >= 0.6 is 0 Å². The summed E-state index contributed by atoms with van der Waals surface area (Å²) < 4.78 is 333. The molecule has 0 N–H and O–H groups in total. The van der Waals surface area contributed by atoms with Crippen molar-refractivity contribution >= 4 is 0 Å². The average molecular weight is 1110 g/mol. The molecule has 71 heavy (non-hydrogen) atoms. The van der Waals surface area contributed by atoms with Crippen molar-refractivity contribution in [3.8, 4) is 0 Å². The second-order valence-electron chi connectivity index (χ2n) is 17.7. The summed E-state index contributed by atoms with van der Waals surface area (Å²) in [5, 5.41) is 0. The van der Waals surface area contributed by atoms with Gasteiger partial charge in [0, 0.05) is 19.3 Å². The Bertz CT molecular complexity index is 1560. The molecule has 0 aromatic rings. The Morgan fingerprint density at radius 3 is 1.07 bits per heavy atom. The standard InChI is InChI=1S/C7H8F6O.C7H10F4O2.C6H8F4O2.C6H8F4O.C6H10F2O2.C5H7F3O.CH3F/c1-4(8)3-5(2,9)14-7(12,13)6(4,10)11;1-5(8)3-6(2,9)13-7(10,11)4-12-5;1-4(7)3-5(2,8)12-6(9,10)11-4;1-3-4(2)11-6(9,10)5(3,7)8;1-4-5(2)10-6(7,8)3-9-4;1-4(6)2-3-5(7,8)9-4;1-2/h3H2,1-2H3;3-4H2,1-2H3;3H2,1-2H3;3-4H,1-2H3;4-5H,3H2,1-2H3;2-3H2,1H3;1H3. The average Bonchev–Trinajstić information content (AvgIpc) is 3.39. The minimum Gasteiger partial charge on any atom is -0.367 e. The topological polar surface area (TPSA) is 83.1 Å². The summed E-state index contributed by atoms with van der Waals surface area (Å²) in [5.74, 6) is -26.3. The Hall–Kier alpha value is -2.04. The van der Waals surface area contributed by atoms with Gasteiger partial charge in [-0.1, -0.05) is 6.92 Å². The van der Waals surface area contributed by atoms with Crippen molar-refractivity contribution in [2.24, 2.45) is 5.92 Å². The van der Waals surface area contributed by atoms with Crippen molar-refractivity contribution in [3.63, 3.8) is 0 Å². The number of alkyl halides is 24. The monoisotopic (exact) mass is 1110 g/mol. The molecule has 0 radical (unpaired) electrons. The summed E-state index contributed by atoms with van der Waals surface area (Å²) in [5.41, 5.74) is -3.64. The first-order valence-corrected chi connectivity index (χ1v) is 20.2. The molecular formula is C38H54F24O9. The Balaban J connectivity index is 0.000000826. The van der Waals surface area contributed by atoms with Crippen LogP contribution in [0.25, 0.3) is 0 Å². The highest BCUT2D eigenvalue weighted by molar-refractivity contribution is 5.02. The molecule has 0 saturated carbocycles. The molecule has 428 valence electrons. The van der Waals surface area contributed by atoms with Crippen LogP contribution in [0.3, 0.4) is 0 Å². The molecular weight excluding hydrogens is 1060 g/mol. The smallest absolute Gasteiger partial charge is 0.367 e. The zero-order chi connectivity index (χ0) is 57.1. The number of ether oxygens (including phenoxy) is 9. The van der Waals surface area contributed by atoms with E-state index in [1.807, 2.05) is 0 Å². The molecule has 11 unspecified atom stereocenters. The summed E-state index contributed by atoms with van der Waals surface area (Å²) >= 11 is 0. The first-order chi connectivity index (χ1) is 30.9. The molecule has 0 aliphatic carbocycles. The van der Waals surface area contributed by atoms with Gasteiger partial charge in [-0.25, -0.2) is 30.7 Å². The summed E-state index contributed by atoms with van der Waals surface area (Å²) in [7, 11) is 0.500. The van der Waals surface area contributed by atoms with E-state index in [0.29, 0.717) is 14.1 Å². The molecule has 9 nitrogen and oxygen atoms in total. The molecule has 0 spiro atoms. The van der Waals surface area contributed by atoms with Gasteiger partial charge in [0.25, 0.3) is 0 Å². The summed E-state index contributed by atoms with van der Waals surface area (Å²) in [4.78, 5) is 0. The first-order valence-electron chi connectivity index (χ1n) is 20.2. The molecule has 0 bridgehead atoms. The predicted molar refractivity (Wildman–Crippen MR) is 193 cm³/mol. The molecule has 0 aromatic heterocycles. The largest absolute Gasteiger partial charge is 0.490 e. The third-order valence-corrected chi connectivity index (χ3v) is 9.59. The van der Waals surface area contributed by atoms with E-state index < -0.39 is 147 Å². The van der Waals surface area contributed by atoms with E-state index in [1.54, 1.807) is 13.8 Å². The van der Waals surface area contributed by atoms with E-state index in [1.165, 1.54) is 6.92 Å². The second-order valence-corrected chi connectivity index (χ2v) is 17.7. The summed E-state index contributed by atoms with van der Waals surface area (Å²) in [6.07, 6.45) is -29.6. The van der Waals surface area contributed by atoms with Crippen molar-refractivity contribution in [3.05, 3.63) is 0 Å². The van der Waals surface area contributed by atoms with Gasteiger partial charge in [0.05, 0.1) is 44.2 Å². The van der Waals surface area contributed by atoms with Crippen molar-refractivity contribution in [2.45, 2.75) is 216 Å². The van der Waals surface area contributed by atoms with E-state index in [-0.39, 0.29) is 19.4 Å². The maximum Gasteiger partial charge on any atom is 0.490 e. The van der Waals surface area contributed by atoms with E-state index >= 15 is 0 Å². The number of hydrogen-bond acceptors (Lipinski definition) is 9. The fourth-order valence-electron chi connectivity index (χ4n) is 6.28. The molecule has 33 heteroatoms. The van der Waals surface area contributed by atoms with E-state index in [0.717, 1.165) is 41.5 Å². The van der Waals surface area contributed by atoms with Crippen LogP contribution in [0.4, 0.5) is 105 Å². The highest BCUT2D eigenvalue weighted by Gasteiger charge is 2.76. The normalized spacial score (nSPS) is 42.8. The first kappa shape index (κ1) is 69.0. The van der Waals surface area contributed by atoms with Crippen LogP contribution in [-0.2, 0) is 42.6 Å². The van der Waals surface area contributed by atoms with Gasteiger partial charge in [-0.05, 0) is 69.2 Å². The van der Waals surface area contributed by atoms with Crippen molar-refractivity contribution in [2.75, 3.05) is 20.4 Å². The Morgan fingerprint density at radius 1 is 0.366 bits per heavy atom. The third kappa shape index (κ3) is 21.6. The minimum atomic E-state index is -5.14. The maximum absolute atomic E-state index is 13.1. The van der Waals surface area contributed by atoms with E-state index in [9.17, 15) is 105 Å². The van der Waals surface area contributed by atoms with Gasteiger partial charge in [-0.3, -0.25) is 28.1 Å². The van der Waals surface area contributed by atoms with Crippen LogP contribution in [0.15, 0.2) is 0 Å². The lowest BCUT2D eigenvalue weighted by atomic mass is 9.89. The van der Waals surface area contributed by atoms with E-state index in [4.69, 9.17) is 4.74 Å². The lowest BCUT2D eigenvalue weighted by molar-refractivity contribution is -0.514. The van der Waals surface area contributed by atoms with Gasteiger partial charge in [-0.2, -0.15) is 61.5 Å². The summed E-state index contributed by atoms with van der Waals surface area (Å²) in [6, 6.07) is 0. The fourth-order valence-corrected chi connectivity index (χ4v) is 6.28. The molecule has 0 aromatic carbocycles. The predicted octanol–water partition coefficient (Wildman–Crippen LogP) is 14.1. The molecule has 6 saturated heterocycles. The Kier molecular flexibility index (Phi) is 22.0. The zero-order valence-electron chi connectivity index (χ0n) is 39.5. The lowest BCUT2D eigenvalue weighted by Gasteiger charge is -2.44. The molecule has 6 fully saturated rings. The lowest BCUT2D eigenvalue weighted by Crippen LogP contribution is -2.64. The molecule has 6 rings (SSSR count). The second kappa shape index (κ2) is 22.7. The van der Waals surface area contributed by atoms with Gasteiger partial charge in [0.15, 0.2) is 5.67 Å². The molecule has 11 atom stereocenters. The van der Waals surface area contributed by atoms with Gasteiger partial charge in [0.1, 0.15) is 13.2 Å². The van der Waals surface area contributed by atoms with Crippen LogP contribution < -0.4 is 0 Å². The maximum atomic E-state index is 13.1. The Labute approximate surface area is 390 Å². The highest BCUT2D eigenvalue weighted by atomic mass is 19.3. The summed E-state index contributed by atoms with van der Waals surface area (Å²) in [6.45, 7) is 8.41. The Morgan fingerprint density at radius 2 is 0.775 bits per heavy atom. The zero-order valence-corrected chi connectivity index (χ0v) is 39.5. The molecule has 6 aliphatic heterocycles. The highest BCUT2D eigenvalue weighted by Crippen LogP contribution is 2.55. The van der Waals surface area contributed by atoms with Gasteiger partial charge in [0.2, 0.25) is 35.1 Å². The van der Waals surface area contributed by atoms with Crippen LogP contribution in [0.2, 0.25) is 0 Å². The van der Waals surface area contributed by atoms with Crippen LogP contribution in [0.5, 0.6) is 0 Å². The quantitative estimate of drug-likeness (QED) is 0.220. The van der Waals surface area contributed by atoms with Crippen molar-refractivity contribution in [1.82, 2.24) is 0 Å². The number of rotatable bonds is 0. The van der Waals surface area contributed by atoms with Crippen molar-refractivity contribution < 1.29 is 148 Å². The van der Waals surface area contributed by atoms with Crippen molar-refractivity contribution in [1.29, 1.82) is 0 Å². The van der Waals surface area contributed by atoms with Crippen LogP contribution in [-0.4, -0.2) is 128 Å². The number of hydrogen-bond donors (Lipinski definition) is 0. The van der Waals surface area contributed by atoms with Gasteiger partial charge >= 0.3 is 48.7 Å². The van der Waals surface area contributed by atoms with E-state index in [2.05, 4.69) is 37.9 Å². The number of halogens is 24. The van der Waals surface area contributed by atoms with Gasteiger partial charge in [-0.15, -0.1) is 8.78 Å². The fraction of sp³-hybridized carbons (Fsp3) is 1.00. The SMILES string of the molecule is CC1(F)CC(C)(F)C(F)(F)C(F)(F)O1.CC1(F)CC(C)(F)OC(F)(F)CO1.CC1(F)CC(C)(F)OC(F)(F)O1.CC1(F)CCC(F)(F)O1.CC1OC(F)(F)C(F)(F)C1C.CC1OCC(F)(F)OC1C.CF. The van der Waals surface area contributed by atoms with Crippen LogP contribution in [0, 0.1) is 5.92 Å². The minimum absolute atomic E-state index is 0.222. The third-order valence-electron chi connectivity index (χ3n) is 9.59. The molecule has 0 amide bonds.